The zero-order valence-corrected chi connectivity index (χ0v) is 16.8. The lowest BCUT2D eigenvalue weighted by molar-refractivity contribution is -0.117. The van der Waals surface area contributed by atoms with Crippen LogP contribution in [0.15, 0.2) is 75.9 Å². The summed E-state index contributed by atoms with van der Waals surface area (Å²) in [5.41, 5.74) is 2.32. The monoisotopic (exact) mass is 412 g/mol. The van der Waals surface area contributed by atoms with Gasteiger partial charge in [-0.2, -0.15) is 0 Å². The molecule has 2 N–H and O–H groups in total. The summed E-state index contributed by atoms with van der Waals surface area (Å²) in [6, 6.07) is 18.8. The van der Waals surface area contributed by atoms with Gasteiger partial charge in [-0.25, -0.2) is 0 Å². The smallest absolute Gasteiger partial charge is 0.255 e. The number of nitrogens with one attached hydrogen (secondary N) is 2. The Balaban J connectivity index is 1.39. The predicted octanol–water partition coefficient (Wildman–Crippen LogP) is 4.79. The Labute approximate surface area is 177 Å². The van der Waals surface area contributed by atoms with E-state index in [1.165, 1.54) is 0 Å². The summed E-state index contributed by atoms with van der Waals surface area (Å²) in [6.07, 6.45) is 0.900. The maximum absolute atomic E-state index is 12.8. The van der Waals surface area contributed by atoms with Gasteiger partial charge >= 0.3 is 0 Å². The molecule has 1 aromatic heterocycles. The molecule has 4 aromatic rings. The van der Waals surface area contributed by atoms with Crippen LogP contribution in [-0.4, -0.2) is 11.8 Å². The summed E-state index contributed by atoms with van der Waals surface area (Å²) < 4.78 is 5.80. The second kappa shape index (κ2) is 7.40. The van der Waals surface area contributed by atoms with Crippen molar-refractivity contribution < 1.29 is 14.0 Å². The summed E-state index contributed by atoms with van der Waals surface area (Å²) >= 11 is 0. The van der Waals surface area contributed by atoms with Gasteiger partial charge in [0.1, 0.15) is 11.2 Å². The van der Waals surface area contributed by atoms with Crippen molar-refractivity contribution in [3.8, 4) is 0 Å². The largest absolute Gasteiger partial charge is 0.456 e. The lowest BCUT2D eigenvalue weighted by Gasteiger charge is -2.09. The Morgan fingerprint density at radius 1 is 0.871 bits per heavy atom. The fourth-order valence-corrected chi connectivity index (χ4v) is 3.74. The third-order valence-electron chi connectivity index (χ3n) is 5.67. The van der Waals surface area contributed by atoms with Crippen LogP contribution in [0.2, 0.25) is 0 Å². The Hall–Kier alpha value is -3.93. The number of anilines is 2. The normalized spacial score (nSPS) is 17.5. The molecule has 0 aliphatic heterocycles. The number of hydrogen-bond donors (Lipinski definition) is 2. The van der Waals surface area contributed by atoms with Crippen LogP contribution in [0.4, 0.5) is 11.4 Å². The average Bonchev–Trinajstić information content (AvgIpc) is 3.51. The number of carbonyl (C=O) groups is 2. The molecule has 2 atom stereocenters. The molecular formula is C25H20N2O4. The van der Waals surface area contributed by atoms with Gasteiger partial charge in [0.2, 0.25) is 11.3 Å². The number of fused-ring (bicyclic) bond motifs is 2. The highest BCUT2D eigenvalue weighted by Crippen LogP contribution is 2.38. The van der Waals surface area contributed by atoms with E-state index < -0.39 is 0 Å². The lowest BCUT2D eigenvalue weighted by Crippen LogP contribution is -2.16. The summed E-state index contributed by atoms with van der Waals surface area (Å²) in [4.78, 5) is 37.7. The van der Waals surface area contributed by atoms with E-state index in [2.05, 4.69) is 10.6 Å². The van der Waals surface area contributed by atoms with Gasteiger partial charge in [-0.15, -0.1) is 0 Å². The SMILES string of the molecule is CC1CC1C(=O)Nc1cccc(C(=O)Nc2ccc3oc4ccccc4c(=O)c3c2)c1. The molecule has 0 spiro atoms. The van der Waals surface area contributed by atoms with Crippen molar-refractivity contribution >= 4 is 45.1 Å². The maximum atomic E-state index is 12.8. The first-order valence-corrected chi connectivity index (χ1v) is 10.2. The number of rotatable bonds is 4. The molecule has 6 heteroatoms. The van der Waals surface area contributed by atoms with E-state index in [0.29, 0.717) is 44.8 Å². The first-order chi connectivity index (χ1) is 15.0. The highest BCUT2D eigenvalue weighted by Gasteiger charge is 2.39. The Bertz CT molecular complexity index is 1410. The van der Waals surface area contributed by atoms with Gasteiger partial charge < -0.3 is 15.1 Å². The Kier molecular flexibility index (Phi) is 4.55. The Morgan fingerprint density at radius 2 is 1.61 bits per heavy atom. The van der Waals surface area contributed by atoms with Crippen molar-refractivity contribution in [3.05, 3.63) is 82.5 Å². The van der Waals surface area contributed by atoms with Gasteiger partial charge in [0.05, 0.1) is 10.8 Å². The standard InChI is InChI=1S/C25H20N2O4/c1-14-11-19(14)25(30)27-16-6-4-5-15(12-16)24(29)26-17-9-10-22-20(13-17)23(28)18-7-2-3-8-21(18)31-22/h2-10,12-14,19H,11H2,1H3,(H,26,29)(H,27,30). The quantitative estimate of drug-likeness (QED) is 0.472. The van der Waals surface area contributed by atoms with Gasteiger partial charge in [0, 0.05) is 22.9 Å². The fraction of sp³-hybridized carbons (Fsp3) is 0.160. The van der Waals surface area contributed by atoms with Gasteiger partial charge in [0.15, 0.2) is 0 Å². The molecule has 6 nitrogen and oxygen atoms in total. The van der Waals surface area contributed by atoms with Crippen molar-refractivity contribution in [1.82, 2.24) is 0 Å². The second-order valence-corrected chi connectivity index (χ2v) is 7.98. The number of amides is 2. The molecule has 5 rings (SSSR count). The van der Waals surface area contributed by atoms with Gasteiger partial charge in [-0.1, -0.05) is 25.1 Å². The van der Waals surface area contributed by atoms with E-state index in [9.17, 15) is 14.4 Å². The van der Waals surface area contributed by atoms with Crippen molar-refractivity contribution in [3.63, 3.8) is 0 Å². The van der Waals surface area contributed by atoms with Crippen LogP contribution in [0.1, 0.15) is 23.7 Å². The zero-order valence-electron chi connectivity index (χ0n) is 16.8. The molecule has 1 aliphatic rings. The van der Waals surface area contributed by atoms with Crippen LogP contribution >= 0.6 is 0 Å². The third-order valence-corrected chi connectivity index (χ3v) is 5.67. The van der Waals surface area contributed by atoms with Crippen molar-refractivity contribution in [2.24, 2.45) is 11.8 Å². The lowest BCUT2D eigenvalue weighted by atomic mass is 10.1. The van der Waals surface area contributed by atoms with Crippen molar-refractivity contribution in [1.29, 1.82) is 0 Å². The number of benzene rings is 3. The first kappa shape index (κ1) is 19.1. The molecule has 1 saturated carbocycles. The molecular weight excluding hydrogens is 392 g/mol. The highest BCUT2D eigenvalue weighted by molar-refractivity contribution is 6.06. The molecule has 1 heterocycles. The third kappa shape index (κ3) is 3.68. The fourth-order valence-electron chi connectivity index (χ4n) is 3.74. The molecule has 3 aromatic carbocycles. The molecule has 1 fully saturated rings. The Morgan fingerprint density at radius 3 is 2.42 bits per heavy atom. The van der Waals surface area contributed by atoms with Gasteiger partial charge in [0.25, 0.3) is 5.91 Å². The van der Waals surface area contributed by atoms with E-state index in [1.54, 1.807) is 60.7 Å². The van der Waals surface area contributed by atoms with Gasteiger partial charge in [-0.05, 0) is 60.9 Å². The molecule has 1 aliphatic carbocycles. The van der Waals surface area contributed by atoms with Crippen LogP contribution in [-0.2, 0) is 4.79 Å². The summed E-state index contributed by atoms with van der Waals surface area (Å²) in [7, 11) is 0. The van der Waals surface area contributed by atoms with Gasteiger partial charge in [-0.3, -0.25) is 14.4 Å². The summed E-state index contributed by atoms with van der Waals surface area (Å²) in [5.74, 6) is 0.117. The van der Waals surface area contributed by atoms with Crippen molar-refractivity contribution in [2.75, 3.05) is 10.6 Å². The van der Waals surface area contributed by atoms with Crippen LogP contribution in [0.25, 0.3) is 21.9 Å². The van der Waals surface area contributed by atoms with Crippen LogP contribution in [0, 0.1) is 11.8 Å². The predicted molar refractivity (Wildman–Crippen MR) is 120 cm³/mol. The van der Waals surface area contributed by atoms with Crippen LogP contribution in [0.5, 0.6) is 0 Å². The minimum Gasteiger partial charge on any atom is -0.456 e. The molecule has 0 bridgehead atoms. The molecule has 2 amide bonds. The van der Waals surface area contributed by atoms with E-state index in [-0.39, 0.29) is 23.2 Å². The molecule has 154 valence electrons. The number of hydrogen-bond acceptors (Lipinski definition) is 4. The summed E-state index contributed by atoms with van der Waals surface area (Å²) in [6.45, 7) is 2.04. The highest BCUT2D eigenvalue weighted by atomic mass is 16.3. The van der Waals surface area contributed by atoms with Crippen LogP contribution < -0.4 is 16.1 Å². The minimum atomic E-state index is -0.333. The van der Waals surface area contributed by atoms with Crippen LogP contribution in [0.3, 0.4) is 0 Å². The first-order valence-electron chi connectivity index (χ1n) is 10.2. The average molecular weight is 412 g/mol. The van der Waals surface area contributed by atoms with E-state index in [0.717, 1.165) is 6.42 Å². The molecule has 0 radical (unpaired) electrons. The molecule has 2 unspecified atom stereocenters. The van der Waals surface area contributed by atoms with E-state index >= 15 is 0 Å². The topological polar surface area (TPSA) is 88.4 Å². The van der Waals surface area contributed by atoms with E-state index in [4.69, 9.17) is 4.42 Å². The number of carbonyl (C=O) groups excluding carboxylic acids is 2. The molecule has 31 heavy (non-hydrogen) atoms. The number of para-hydroxylation sites is 1. The second-order valence-electron chi connectivity index (χ2n) is 7.98. The van der Waals surface area contributed by atoms with E-state index in [1.807, 2.05) is 13.0 Å². The zero-order chi connectivity index (χ0) is 21.5. The maximum Gasteiger partial charge on any atom is 0.255 e. The summed E-state index contributed by atoms with van der Waals surface area (Å²) in [5, 5.41) is 6.58. The van der Waals surface area contributed by atoms with Crippen molar-refractivity contribution in [2.45, 2.75) is 13.3 Å². The molecule has 0 saturated heterocycles. The minimum absolute atomic E-state index is 0.0152.